The minimum atomic E-state index is -0.983. The van der Waals surface area contributed by atoms with Crippen LogP contribution in [0.2, 0.25) is 0 Å². The maximum atomic E-state index is 10.8. The molecule has 0 aliphatic rings. The van der Waals surface area contributed by atoms with E-state index in [1.165, 1.54) is 5.56 Å². The Morgan fingerprint density at radius 2 is 1.81 bits per heavy atom. The van der Waals surface area contributed by atoms with Crippen molar-refractivity contribution in [3.63, 3.8) is 0 Å². The number of hydrogen-bond acceptors (Lipinski definition) is 3. The SMILES string of the molecule is COCOc1c([Se]C#C/C(C)=C/C(=O)O)cc(C(C)(C)C)cc1C(C)(C)C. The summed E-state index contributed by atoms with van der Waals surface area (Å²) in [6.45, 7) is 14.9. The van der Waals surface area contributed by atoms with Gasteiger partial charge in [-0.25, -0.2) is 0 Å². The van der Waals surface area contributed by atoms with Crippen LogP contribution >= 0.6 is 0 Å². The molecule has 0 atom stereocenters. The van der Waals surface area contributed by atoms with Crippen molar-refractivity contribution < 1.29 is 19.4 Å². The van der Waals surface area contributed by atoms with E-state index in [1.54, 1.807) is 14.0 Å². The van der Waals surface area contributed by atoms with Crippen LogP contribution in [0.5, 0.6) is 5.75 Å². The summed E-state index contributed by atoms with van der Waals surface area (Å²) in [5.74, 6) is 2.78. The number of hydrogen-bond donors (Lipinski definition) is 1. The van der Waals surface area contributed by atoms with Crippen molar-refractivity contribution in [2.45, 2.75) is 59.3 Å². The Balaban J connectivity index is 3.49. The average Bonchev–Trinajstić information content (AvgIpc) is 2.50. The van der Waals surface area contributed by atoms with Crippen LogP contribution in [0.4, 0.5) is 0 Å². The molecule has 0 heterocycles. The Hall–Kier alpha value is -1.73. The molecule has 0 saturated heterocycles. The molecule has 0 aromatic heterocycles. The van der Waals surface area contributed by atoms with Crippen molar-refractivity contribution >= 4 is 25.4 Å². The second-order valence-electron chi connectivity index (χ2n) is 8.40. The Labute approximate surface area is 169 Å². The number of methoxy groups -OCH3 is 1. The Kier molecular flexibility index (Phi) is 8.17. The Morgan fingerprint density at radius 3 is 2.30 bits per heavy atom. The van der Waals surface area contributed by atoms with Crippen molar-refractivity contribution in [2.75, 3.05) is 13.9 Å². The van der Waals surface area contributed by atoms with Gasteiger partial charge in [0.25, 0.3) is 0 Å². The van der Waals surface area contributed by atoms with Crippen LogP contribution in [0.1, 0.15) is 59.6 Å². The topological polar surface area (TPSA) is 55.8 Å². The van der Waals surface area contributed by atoms with Gasteiger partial charge in [0.05, 0.1) is 0 Å². The molecule has 0 unspecified atom stereocenters. The zero-order valence-electron chi connectivity index (χ0n) is 17.5. The van der Waals surface area contributed by atoms with Crippen LogP contribution in [-0.2, 0) is 20.4 Å². The zero-order valence-corrected chi connectivity index (χ0v) is 19.2. The second kappa shape index (κ2) is 9.46. The van der Waals surface area contributed by atoms with E-state index in [9.17, 15) is 4.79 Å². The van der Waals surface area contributed by atoms with Gasteiger partial charge in [0.1, 0.15) is 0 Å². The summed E-state index contributed by atoms with van der Waals surface area (Å²) in [7, 11) is 1.60. The molecule has 0 aliphatic heterocycles. The van der Waals surface area contributed by atoms with Gasteiger partial charge >= 0.3 is 169 Å². The Bertz CT molecular complexity index is 768. The molecular formula is C22H30O4Se. The summed E-state index contributed by atoms with van der Waals surface area (Å²) in [5.41, 5.74) is 2.79. The number of benzene rings is 1. The molecule has 1 rings (SSSR count). The van der Waals surface area contributed by atoms with E-state index in [2.05, 4.69) is 64.4 Å². The molecule has 5 heteroatoms. The predicted octanol–water partition coefficient (Wildman–Crippen LogP) is 3.59. The van der Waals surface area contributed by atoms with E-state index in [1.807, 2.05) is 0 Å². The molecule has 0 spiro atoms. The predicted molar refractivity (Wildman–Crippen MR) is 111 cm³/mol. The molecule has 148 valence electrons. The molecule has 1 N–H and O–H groups in total. The maximum absolute atomic E-state index is 10.8. The van der Waals surface area contributed by atoms with Crippen LogP contribution in [0.25, 0.3) is 0 Å². The van der Waals surface area contributed by atoms with Gasteiger partial charge < -0.3 is 0 Å². The molecule has 0 fully saturated rings. The third-order valence-electron chi connectivity index (χ3n) is 3.80. The normalized spacial score (nSPS) is 12.4. The van der Waals surface area contributed by atoms with Gasteiger partial charge in [-0.3, -0.25) is 0 Å². The second-order valence-corrected chi connectivity index (χ2v) is 10.2. The fourth-order valence-corrected chi connectivity index (χ4v) is 3.93. The summed E-state index contributed by atoms with van der Waals surface area (Å²) in [4.78, 5) is 13.9. The molecular weight excluding hydrogens is 407 g/mol. The van der Waals surface area contributed by atoms with Crippen molar-refractivity contribution in [3.05, 3.63) is 34.9 Å². The summed E-state index contributed by atoms with van der Waals surface area (Å²) in [6.07, 6.45) is 1.12. The molecule has 0 saturated carbocycles. The van der Waals surface area contributed by atoms with Crippen LogP contribution in [-0.4, -0.2) is 39.9 Å². The van der Waals surface area contributed by atoms with Gasteiger partial charge in [0.2, 0.25) is 0 Å². The minimum absolute atomic E-state index is 0.00281. The summed E-state index contributed by atoms with van der Waals surface area (Å²) in [5, 5.41) is 8.82. The molecule has 0 bridgehead atoms. The molecule has 0 aliphatic carbocycles. The zero-order chi connectivity index (χ0) is 20.8. The average molecular weight is 437 g/mol. The number of carboxylic acids is 1. The van der Waals surface area contributed by atoms with Gasteiger partial charge in [0, 0.05) is 0 Å². The third kappa shape index (κ3) is 7.42. The van der Waals surface area contributed by atoms with Gasteiger partial charge in [-0.2, -0.15) is 0 Å². The van der Waals surface area contributed by atoms with Gasteiger partial charge in [-0.1, -0.05) is 0 Å². The van der Waals surface area contributed by atoms with Gasteiger partial charge in [0.15, 0.2) is 0 Å². The summed E-state index contributed by atoms with van der Waals surface area (Å²) >= 11 is -0.183. The third-order valence-corrected chi connectivity index (χ3v) is 5.33. The van der Waals surface area contributed by atoms with Gasteiger partial charge in [-0.05, 0) is 0 Å². The number of carbonyl (C=O) groups is 1. The first-order chi connectivity index (χ1) is 12.4. The van der Waals surface area contributed by atoms with Crippen LogP contribution in [0.3, 0.4) is 0 Å². The van der Waals surface area contributed by atoms with Crippen LogP contribution in [0.15, 0.2) is 23.8 Å². The van der Waals surface area contributed by atoms with Crippen molar-refractivity contribution in [3.8, 4) is 16.5 Å². The molecule has 1 aromatic rings. The Morgan fingerprint density at radius 1 is 1.19 bits per heavy atom. The molecule has 0 radical (unpaired) electrons. The fraction of sp³-hybridized carbons (Fsp3) is 0.500. The van der Waals surface area contributed by atoms with E-state index in [-0.39, 0.29) is 32.6 Å². The van der Waals surface area contributed by atoms with E-state index >= 15 is 0 Å². The first-order valence-electron chi connectivity index (χ1n) is 8.76. The van der Waals surface area contributed by atoms with Crippen molar-refractivity contribution in [1.29, 1.82) is 0 Å². The monoisotopic (exact) mass is 438 g/mol. The standard InChI is InChI=1S/C22H30O4Se/c1-15(11-19(23)24)9-10-27-18-13-16(21(2,3)4)12-17(22(5,6)7)20(18)26-14-25-8/h11-13H,14H2,1-8H3,(H,23,24)/b15-11+. The molecule has 1 aromatic carbocycles. The molecule has 4 nitrogen and oxygen atoms in total. The fourth-order valence-electron chi connectivity index (χ4n) is 2.32. The first-order valence-corrected chi connectivity index (χ1v) is 10.5. The van der Waals surface area contributed by atoms with Gasteiger partial charge in [-0.15, -0.1) is 0 Å². The first kappa shape index (κ1) is 23.3. The number of allylic oxidation sites excluding steroid dienone is 1. The van der Waals surface area contributed by atoms with E-state index in [4.69, 9.17) is 14.6 Å². The van der Waals surface area contributed by atoms with E-state index < -0.39 is 5.97 Å². The number of aliphatic carboxylic acids is 1. The molecule has 0 amide bonds. The molecule has 27 heavy (non-hydrogen) atoms. The van der Waals surface area contributed by atoms with Crippen molar-refractivity contribution in [1.82, 2.24) is 0 Å². The number of rotatable bonds is 5. The summed E-state index contributed by atoms with van der Waals surface area (Å²) < 4.78 is 12.1. The van der Waals surface area contributed by atoms with E-state index in [0.717, 1.165) is 21.9 Å². The van der Waals surface area contributed by atoms with Crippen LogP contribution in [0, 0.1) is 10.7 Å². The van der Waals surface area contributed by atoms with Crippen LogP contribution < -0.4 is 9.20 Å². The number of ether oxygens (including phenoxy) is 2. The van der Waals surface area contributed by atoms with E-state index in [0.29, 0.717) is 5.57 Å². The van der Waals surface area contributed by atoms with Crippen molar-refractivity contribution in [2.24, 2.45) is 0 Å². The quantitative estimate of drug-likeness (QED) is 0.331. The number of carboxylic acid groups (broad SMARTS) is 1. The summed E-state index contributed by atoms with van der Waals surface area (Å²) in [6, 6.07) is 4.37.